The predicted molar refractivity (Wildman–Crippen MR) is 118 cm³/mol. The van der Waals surface area contributed by atoms with Crippen molar-refractivity contribution in [3.63, 3.8) is 0 Å². The van der Waals surface area contributed by atoms with Crippen molar-refractivity contribution in [1.82, 2.24) is 9.29 Å². The first-order valence-electron chi connectivity index (χ1n) is 10.1. The summed E-state index contributed by atoms with van der Waals surface area (Å²) in [6.07, 6.45) is 0.145. The highest BCUT2D eigenvalue weighted by atomic mass is 32.2. The van der Waals surface area contributed by atoms with Crippen molar-refractivity contribution in [3.05, 3.63) is 60.4 Å². The summed E-state index contributed by atoms with van der Waals surface area (Å²) in [4.78, 5) is 27.6. The highest BCUT2D eigenvalue weighted by Crippen LogP contribution is 2.23. The molecule has 1 saturated heterocycles. The number of aromatic nitrogens is 1. The molecule has 1 aromatic heterocycles. The number of aromatic amines is 1. The van der Waals surface area contributed by atoms with Crippen LogP contribution in [0.4, 0.5) is 5.69 Å². The van der Waals surface area contributed by atoms with E-state index in [4.69, 9.17) is 9.47 Å². The van der Waals surface area contributed by atoms with E-state index in [1.54, 1.807) is 6.07 Å². The Morgan fingerprint density at radius 1 is 1.12 bits per heavy atom. The fraction of sp³-hybridized carbons (Fsp3) is 0.273. The standard InChI is InChI=1S/C22H23N3O6S/c1-15(21(26)24-19-8-4-6-16-5-2-3-7-18(16)19)31-22(27)20-13-17(14-23-20)32(28,29)25-9-11-30-12-10-25/h2-8,13-15,23H,9-12H2,1H3,(H,24,26). The van der Waals surface area contributed by atoms with Crippen LogP contribution in [0.15, 0.2) is 59.6 Å². The summed E-state index contributed by atoms with van der Waals surface area (Å²) in [5.74, 6) is -1.32. The average molecular weight is 458 g/mol. The molecule has 1 fully saturated rings. The lowest BCUT2D eigenvalue weighted by atomic mass is 10.1. The number of morpholine rings is 1. The Balaban J connectivity index is 1.42. The fourth-order valence-corrected chi connectivity index (χ4v) is 4.83. The van der Waals surface area contributed by atoms with Gasteiger partial charge in [-0.2, -0.15) is 4.31 Å². The zero-order chi connectivity index (χ0) is 22.7. The number of hydrogen-bond acceptors (Lipinski definition) is 6. The fourth-order valence-electron chi connectivity index (χ4n) is 3.42. The molecule has 1 aliphatic rings. The van der Waals surface area contributed by atoms with Gasteiger partial charge in [0, 0.05) is 30.4 Å². The van der Waals surface area contributed by atoms with Gasteiger partial charge in [0.05, 0.1) is 13.2 Å². The van der Waals surface area contributed by atoms with Gasteiger partial charge in [-0.1, -0.05) is 36.4 Å². The first-order chi connectivity index (χ1) is 15.4. The Kier molecular flexibility index (Phi) is 6.26. The number of nitrogens with zero attached hydrogens (tertiary/aromatic N) is 1. The van der Waals surface area contributed by atoms with Crippen LogP contribution >= 0.6 is 0 Å². The molecule has 168 valence electrons. The van der Waals surface area contributed by atoms with E-state index in [-0.39, 0.29) is 23.7 Å². The van der Waals surface area contributed by atoms with Crippen molar-refractivity contribution in [2.45, 2.75) is 17.9 Å². The summed E-state index contributed by atoms with van der Waals surface area (Å²) in [7, 11) is -3.75. The molecule has 2 aromatic carbocycles. The molecule has 10 heteroatoms. The zero-order valence-corrected chi connectivity index (χ0v) is 18.2. The van der Waals surface area contributed by atoms with E-state index in [1.807, 2.05) is 36.4 Å². The molecule has 1 amide bonds. The van der Waals surface area contributed by atoms with Gasteiger partial charge >= 0.3 is 5.97 Å². The Morgan fingerprint density at radius 3 is 2.62 bits per heavy atom. The van der Waals surface area contributed by atoms with Crippen LogP contribution in [0.5, 0.6) is 0 Å². The highest BCUT2D eigenvalue weighted by molar-refractivity contribution is 7.89. The SMILES string of the molecule is CC(OC(=O)c1cc(S(=O)(=O)N2CCOCC2)c[nH]1)C(=O)Nc1cccc2ccccc12. The Bertz CT molecular complexity index is 1240. The second-order valence-corrected chi connectivity index (χ2v) is 9.27. The van der Waals surface area contributed by atoms with Crippen LogP contribution in [0.3, 0.4) is 0 Å². The van der Waals surface area contributed by atoms with Gasteiger partial charge < -0.3 is 19.8 Å². The van der Waals surface area contributed by atoms with Gasteiger partial charge in [0.25, 0.3) is 5.91 Å². The second kappa shape index (κ2) is 9.11. The van der Waals surface area contributed by atoms with E-state index < -0.39 is 28.0 Å². The van der Waals surface area contributed by atoms with Crippen LogP contribution in [-0.2, 0) is 24.3 Å². The first kappa shape index (κ1) is 22.0. The van der Waals surface area contributed by atoms with Crippen LogP contribution in [0.1, 0.15) is 17.4 Å². The molecule has 0 bridgehead atoms. The third kappa shape index (κ3) is 4.52. The number of rotatable bonds is 6. The number of esters is 1. The van der Waals surface area contributed by atoms with Crippen molar-refractivity contribution in [2.75, 3.05) is 31.6 Å². The second-order valence-electron chi connectivity index (χ2n) is 7.33. The number of amides is 1. The minimum atomic E-state index is -3.75. The maximum Gasteiger partial charge on any atom is 0.355 e. The van der Waals surface area contributed by atoms with Gasteiger partial charge in [-0.15, -0.1) is 0 Å². The number of ether oxygens (including phenoxy) is 2. The van der Waals surface area contributed by atoms with Crippen molar-refractivity contribution < 1.29 is 27.5 Å². The zero-order valence-electron chi connectivity index (χ0n) is 17.4. The molecule has 4 rings (SSSR count). The molecule has 2 N–H and O–H groups in total. The highest BCUT2D eigenvalue weighted by Gasteiger charge is 2.29. The number of carbonyl (C=O) groups excluding carboxylic acids is 2. The van der Waals surface area contributed by atoms with Gasteiger partial charge in [-0.25, -0.2) is 13.2 Å². The van der Waals surface area contributed by atoms with Gasteiger partial charge in [0.15, 0.2) is 6.10 Å². The molecule has 1 unspecified atom stereocenters. The Hall–Kier alpha value is -3.21. The van der Waals surface area contributed by atoms with Crippen LogP contribution in [0, 0.1) is 0 Å². The predicted octanol–water partition coefficient (Wildman–Crippen LogP) is 2.37. The van der Waals surface area contributed by atoms with Gasteiger partial charge in [-0.3, -0.25) is 4.79 Å². The lowest BCUT2D eigenvalue weighted by Crippen LogP contribution is -2.40. The van der Waals surface area contributed by atoms with Crippen molar-refractivity contribution in [3.8, 4) is 0 Å². The molecule has 32 heavy (non-hydrogen) atoms. The molecular formula is C22H23N3O6S. The summed E-state index contributed by atoms with van der Waals surface area (Å²) < 4.78 is 37.1. The number of benzene rings is 2. The minimum absolute atomic E-state index is 0.0424. The number of nitrogens with one attached hydrogen (secondary N) is 2. The Morgan fingerprint density at radius 2 is 1.84 bits per heavy atom. The maximum absolute atomic E-state index is 12.7. The topological polar surface area (TPSA) is 118 Å². The molecule has 1 atom stereocenters. The average Bonchev–Trinajstić information content (AvgIpc) is 3.31. The molecule has 9 nitrogen and oxygen atoms in total. The summed E-state index contributed by atoms with van der Waals surface area (Å²) in [6, 6.07) is 14.3. The molecule has 0 spiro atoms. The Labute approximate surface area is 185 Å². The van der Waals surface area contributed by atoms with E-state index in [1.165, 1.54) is 23.5 Å². The van der Waals surface area contributed by atoms with E-state index in [0.29, 0.717) is 18.9 Å². The van der Waals surface area contributed by atoms with Crippen molar-refractivity contribution >= 4 is 38.4 Å². The maximum atomic E-state index is 12.7. The van der Waals surface area contributed by atoms with E-state index in [2.05, 4.69) is 10.3 Å². The van der Waals surface area contributed by atoms with Gasteiger partial charge in [0.2, 0.25) is 10.0 Å². The number of sulfonamides is 1. The number of hydrogen-bond donors (Lipinski definition) is 2. The normalized spacial score (nSPS) is 15.9. The molecule has 0 aliphatic carbocycles. The quantitative estimate of drug-likeness (QED) is 0.549. The summed E-state index contributed by atoms with van der Waals surface area (Å²) in [5.41, 5.74) is 0.552. The van der Waals surface area contributed by atoms with E-state index in [9.17, 15) is 18.0 Å². The smallest absolute Gasteiger partial charge is 0.355 e. The van der Waals surface area contributed by atoms with Gasteiger partial charge in [-0.05, 0) is 24.4 Å². The van der Waals surface area contributed by atoms with Crippen molar-refractivity contribution in [2.24, 2.45) is 0 Å². The molecule has 1 aliphatic heterocycles. The summed E-state index contributed by atoms with van der Waals surface area (Å²) >= 11 is 0. The third-order valence-electron chi connectivity index (χ3n) is 5.18. The molecule has 0 radical (unpaired) electrons. The van der Waals surface area contributed by atoms with Gasteiger partial charge in [0.1, 0.15) is 10.6 Å². The number of anilines is 1. The molecule has 2 heterocycles. The van der Waals surface area contributed by atoms with Crippen LogP contribution < -0.4 is 5.32 Å². The van der Waals surface area contributed by atoms with Crippen LogP contribution in [0.2, 0.25) is 0 Å². The van der Waals surface area contributed by atoms with Crippen LogP contribution in [0.25, 0.3) is 10.8 Å². The summed E-state index contributed by atoms with van der Waals surface area (Å²) in [5, 5.41) is 4.61. The largest absolute Gasteiger partial charge is 0.448 e. The number of H-pyrrole nitrogens is 1. The first-order valence-corrected chi connectivity index (χ1v) is 11.6. The molecular weight excluding hydrogens is 434 g/mol. The van der Waals surface area contributed by atoms with Crippen LogP contribution in [-0.4, -0.2) is 62.0 Å². The van der Waals surface area contributed by atoms with Crippen molar-refractivity contribution in [1.29, 1.82) is 0 Å². The van der Waals surface area contributed by atoms with E-state index >= 15 is 0 Å². The third-order valence-corrected chi connectivity index (χ3v) is 7.06. The number of carbonyl (C=O) groups is 2. The summed E-state index contributed by atoms with van der Waals surface area (Å²) in [6.45, 7) is 2.59. The lowest BCUT2D eigenvalue weighted by molar-refractivity contribution is -0.123. The molecule has 3 aromatic rings. The van der Waals surface area contributed by atoms with E-state index in [0.717, 1.165) is 10.8 Å². The monoisotopic (exact) mass is 457 g/mol. The minimum Gasteiger partial charge on any atom is -0.448 e. The molecule has 0 saturated carbocycles. The lowest BCUT2D eigenvalue weighted by Gasteiger charge is -2.25. The number of fused-ring (bicyclic) bond motifs is 1.